The average Bonchev–Trinajstić information content (AvgIpc) is 3.14. The minimum atomic E-state index is -0.951. The zero-order valence-electron chi connectivity index (χ0n) is 22.9. The van der Waals surface area contributed by atoms with E-state index in [4.69, 9.17) is 0 Å². The molecule has 1 saturated heterocycles. The largest absolute Gasteiger partial charge is 0.392 e. The number of anilines is 1. The summed E-state index contributed by atoms with van der Waals surface area (Å²) in [7, 11) is 1.86. The van der Waals surface area contributed by atoms with Gasteiger partial charge in [0.25, 0.3) is 0 Å². The van der Waals surface area contributed by atoms with Crippen LogP contribution in [0.4, 0.5) is 5.69 Å². The van der Waals surface area contributed by atoms with Crippen molar-refractivity contribution in [2.45, 2.75) is 95.4 Å². The lowest BCUT2D eigenvalue weighted by atomic mass is 9.86. The second kappa shape index (κ2) is 10.9. The Morgan fingerprint density at radius 2 is 1.81 bits per heavy atom. The number of nitrogens with zero attached hydrogens (tertiary/aromatic N) is 3. The van der Waals surface area contributed by atoms with Gasteiger partial charge in [0.2, 0.25) is 11.8 Å². The number of carbonyl (C=O) groups excluding carboxylic acids is 2. The summed E-state index contributed by atoms with van der Waals surface area (Å²) in [4.78, 5) is 36.3. The molecule has 0 radical (unpaired) electrons. The molecule has 4 rings (SSSR count). The fourth-order valence-electron chi connectivity index (χ4n) is 5.69. The van der Waals surface area contributed by atoms with Gasteiger partial charge in [-0.2, -0.15) is 0 Å². The molecule has 2 heterocycles. The molecule has 1 aromatic heterocycles. The molecular formula is C30H42N4O3. The first-order valence-electron chi connectivity index (χ1n) is 13.5. The highest BCUT2D eigenvalue weighted by molar-refractivity contribution is 6.05. The van der Waals surface area contributed by atoms with E-state index in [0.717, 1.165) is 31.2 Å². The van der Waals surface area contributed by atoms with Crippen molar-refractivity contribution in [3.8, 4) is 0 Å². The molecule has 1 aliphatic heterocycles. The Kier molecular flexibility index (Phi) is 8.05. The Balaban J connectivity index is 1.80. The second-order valence-corrected chi connectivity index (χ2v) is 12.0. The topological polar surface area (TPSA) is 85.8 Å². The molecule has 2 amide bonds. The van der Waals surface area contributed by atoms with Crippen molar-refractivity contribution in [1.82, 2.24) is 15.2 Å². The van der Waals surface area contributed by atoms with Crippen LogP contribution in [0.15, 0.2) is 48.8 Å². The second-order valence-electron chi connectivity index (χ2n) is 12.0. The number of aromatic nitrogens is 1. The number of benzene rings is 1. The minimum absolute atomic E-state index is 0.0454. The van der Waals surface area contributed by atoms with Crippen molar-refractivity contribution in [1.29, 1.82) is 0 Å². The molecule has 2 aliphatic rings. The lowest BCUT2D eigenvalue weighted by Crippen LogP contribution is -2.57. The predicted molar refractivity (Wildman–Crippen MR) is 146 cm³/mol. The van der Waals surface area contributed by atoms with E-state index in [1.807, 2.05) is 49.2 Å². The monoisotopic (exact) mass is 506 g/mol. The van der Waals surface area contributed by atoms with Gasteiger partial charge in [0.1, 0.15) is 11.6 Å². The summed E-state index contributed by atoms with van der Waals surface area (Å²) in [5.41, 5.74) is 1.47. The van der Waals surface area contributed by atoms with Crippen LogP contribution in [0.5, 0.6) is 0 Å². The molecular weight excluding hydrogens is 464 g/mol. The number of rotatable bonds is 6. The maximum absolute atomic E-state index is 14.5. The first-order chi connectivity index (χ1) is 17.5. The number of β-amino-alcohol motifs (C(OH)–C–C–N with tert-alkyl or cyclic N) is 1. The van der Waals surface area contributed by atoms with Gasteiger partial charge in [-0.15, -0.1) is 0 Å². The molecule has 200 valence electrons. The standard InChI is InChI=1S/C30H42N4O3/c1-29(2,3)22-13-15-24(16-14-22)34(28(37)30(4)18-25(35)20-33(30)5)26(21-10-9-17-31-19-21)27(36)32-23-11-7-6-8-12-23/h9-10,13-17,19,23,25-26,35H,6-8,11-12,18,20H2,1-5H3,(H,32,36). The number of pyridine rings is 1. The van der Waals surface area contributed by atoms with Gasteiger partial charge in [0, 0.05) is 42.7 Å². The van der Waals surface area contributed by atoms with E-state index in [-0.39, 0.29) is 23.3 Å². The van der Waals surface area contributed by atoms with Crippen LogP contribution in [0.1, 0.15) is 83.4 Å². The summed E-state index contributed by atoms with van der Waals surface area (Å²) in [6.07, 6.45) is 8.34. The fraction of sp³-hybridized carbons (Fsp3) is 0.567. The van der Waals surface area contributed by atoms with Crippen LogP contribution < -0.4 is 10.2 Å². The predicted octanol–water partition coefficient (Wildman–Crippen LogP) is 4.36. The van der Waals surface area contributed by atoms with Crippen LogP contribution in [0.25, 0.3) is 0 Å². The van der Waals surface area contributed by atoms with E-state index in [2.05, 4.69) is 31.1 Å². The number of nitrogens with one attached hydrogen (secondary N) is 1. The molecule has 1 aromatic carbocycles. The normalized spacial score (nSPS) is 24.0. The van der Waals surface area contributed by atoms with E-state index >= 15 is 0 Å². The van der Waals surface area contributed by atoms with E-state index < -0.39 is 17.7 Å². The zero-order chi connectivity index (χ0) is 26.8. The van der Waals surface area contributed by atoms with Gasteiger partial charge in [-0.25, -0.2) is 0 Å². The van der Waals surface area contributed by atoms with E-state index in [1.165, 1.54) is 6.42 Å². The summed E-state index contributed by atoms with van der Waals surface area (Å²) in [6, 6.07) is 10.8. The third-order valence-corrected chi connectivity index (χ3v) is 8.11. The van der Waals surface area contributed by atoms with Gasteiger partial charge in [-0.3, -0.25) is 24.4 Å². The minimum Gasteiger partial charge on any atom is -0.392 e. The lowest BCUT2D eigenvalue weighted by Gasteiger charge is -2.40. The van der Waals surface area contributed by atoms with Crippen LogP contribution in [-0.2, 0) is 15.0 Å². The van der Waals surface area contributed by atoms with E-state index in [9.17, 15) is 14.7 Å². The molecule has 3 atom stereocenters. The van der Waals surface area contributed by atoms with Crippen molar-refractivity contribution in [3.05, 3.63) is 59.9 Å². The third kappa shape index (κ3) is 5.88. The summed E-state index contributed by atoms with van der Waals surface area (Å²) >= 11 is 0. The maximum atomic E-state index is 14.5. The summed E-state index contributed by atoms with van der Waals surface area (Å²) in [5, 5.41) is 13.7. The SMILES string of the molecule is CN1CC(O)CC1(C)C(=O)N(c1ccc(C(C)(C)C)cc1)C(C(=O)NC1CCCCC1)c1cccnc1. The van der Waals surface area contributed by atoms with Crippen LogP contribution in [0, 0.1) is 0 Å². The summed E-state index contributed by atoms with van der Waals surface area (Å²) in [6.45, 7) is 8.72. The number of carbonyl (C=O) groups is 2. The van der Waals surface area contributed by atoms with Gasteiger partial charge in [-0.1, -0.05) is 58.2 Å². The third-order valence-electron chi connectivity index (χ3n) is 8.11. The van der Waals surface area contributed by atoms with Crippen molar-refractivity contribution in [2.75, 3.05) is 18.5 Å². The highest BCUT2D eigenvalue weighted by Crippen LogP contribution is 2.37. The Hall–Kier alpha value is -2.77. The molecule has 2 aromatic rings. The number of amides is 2. The molecule has 1 saturated carbocycles. The smallest absolute Gasteiger partial charge is 0.248 e. The van der Waals surface area contributed by atoms with Crippen LogP contribution in [0.3, 0.4) is 0 Å². The number of hydrogen-bond acceptors (Lipinski definition) is 5. The Labute approximate surface area is 221 Å². The van der Waals surface area contributed by atoms with Gasteiger partial charge < -0.3 is 10.4 Å². The highest BCUT2D eigenvalue weighted by atomic mass is 16.3. The van der Waals surface area contributed by atoms with Gasteiger partial charge in [0.15, 0.2) is 0 Å². The molecule has 0 bridgehead atoms. The van der Waals surface area contributed by atoms with E-state index in [0.29, 0.717) is 24.2 Å². The Bertz CT molecular complexity index is 1080. The fourth-order valence-corrected chi connectivity index (χ4v) is 5.69. The summed E-state index contributed by atoms with van der Waals surface area (Å²) < 4.78 is 0. The number of hydrogen-bond donors (Lipinski definition) is 2. The molecule has 37 heavy (non-hydrogen) atoms. The number of aliphatic hydroxyl groups is 1. The van der Waals surface area contributed by atoms with Crippen molar-refractivity contribution < 1.29 is 14.7 Å². The molecule has 7 nitrogen and oxygen atoms in total. The van der Waals surface area contributed by atoms with Gasteiger partial charge in [-0.05, 0) is 56.0 Å². The molecule has 1 aliphatic carbocycles. The van der Waals surface area contributed by atoms with Crippen LogP contribution in [0.2, 0.25) is 0 Å². The molecule has 2 N–H and O–H groups in total. The molecule has 7 heteroatoms. The van der Waals surface area contributed by atoms with Crippen molar-refractivity contribution in [2.24, 2.45) is 0 Å². The van der Waals surface area contributed by atoms with Gasteiger partial charge >= 0.3 is 0 Å². The maximum Gasteiger partial charge on any atom is 0.248 e. The number of aliphatic hydroxyl groups excluding tert-OH is 1. The van der Waals surface area contributed by atoms with Crippen LogP contribution >= 0.6 is 0 Å². The summed E-state index contributed by atoms with van der Waals surface area (Å²) in [5.74, 6) is -0.402. The lowest BCUT2D eigenvalue weighted by molar-refractivity contribution is -0.132. The highest BCUT2D eigenvalue weighted by Gasteiger charge is 2.50. The van der Waals surface area contributed by atoms with E-state index in [1.54, 1.807) is 23.4 Å². The quantitative estimate of drug-likeness (QED) is 0.608. The van der Waals surface area contributed by atoms with Crippen LogP contribution in [-0.4, -0.2) is 58.1 Å². The first kappa shape index (κ1) is 27.3. The molecule has 3 unspecified atom stereocenters. The number of likely N-dealkylation sites (tertiary alicyclic amines) is 1. The first-order valence-corrected chi connectivity index (χ1v) is 13.5. The van der Waals surface area contributed by atoms with Gasteiger partial charge in [0.05, 0.1) is 6.10 Å². The number of likely N-dealkylation sites (N-methyl/N-ethyl adjacent to an activating group) is 1. The molecule has 0 spiro atoms. The molecule has 2 fully saturated rings. The Morgan fingerprint density at radius 1 is 1.14 bits per heavy atom. The zero-order valence-corrected chi connectivity index (χ0v) is 22.9. The van der Waals surface area contributed by atoms with Crippen molar-refractivity contribution >= 4 is 17.5 Å². The average molecular weight is 507 g/mol. The van der Waals surface area contributed by atoms with Crippen molar-refractivity contribution in [3.63, 3.8) is 0 Å². The Morgan fingerprint density at radius 3 is 2.35 bits per heavy atom.